The van der Waals surface area contributed by atoms with Gasteiger partial charge in [0.2, 0.25) is 5.90 Å². The van der Waals surface area contributed by atoms with Crippen LogP contribution in [0.1, 0.15) is 22.3 Å². The molecule has 0 aliphatic carbocycles. The summed E-state index contributed by atoms with van der Waals surface area (Å²) in [6, 6.07) is 22.6. The average Bonchev–Trinajstić information content (AvgIpc) is 3.09. The van der Waals surface area contributed by atoms with Crippen molar-refractivity contribution in [1.82, 2.24) is 0 Å². The molecule has 0 bridgehead atoms. The number of hydrogen-bond donors (Lipinski definition) is 0. The minimum Gasteiger partial charge on any atom is -0.489 e. The predicted molar refractivity (Wildman–Crippen MR) is 114 cm³/mol. The molecule has 3 aromatic carbocycles. The Morgan fingerprint density at radius 1 is 1.00 bits per heavy atom. The van der Waals surface area contributed by atoms with Crippen LogP contribution in [-0.4, -0.2) is 11.9 Å². The van der Waals surface area contributed by atoms with E-state index in [9.17, 15) is 4.79 Å². The monoisotopic (exact) mass is 403 g/mol. The summed E-state index contributed by atoms with van der Waals surface area (Å²) >= 11 is 6.15. The number of aliphatic imine (C=N–C) groups is 1. The van der Waals surface area contributed by atoms with Gasteiger partial charge >= 0.3 is 5.97 Å². The minimum absolute atomic E-state index is 0.271. The summed E-state index contributed by atoms with van der Waals surface area (Å²) in [5.41, 5.74) is 3.84. The molecule has 0 fully saturated rings. The van der Waals surface area contributed by atoms with Crippen LogP contribution in [0.4, 0.5) is 0 Å². The molecule has 0 N–H and O–H groups in total. The van der Waals surface area contributed by atoms with Crippen LogP contribution in [0.3, 0.4) is 0 Å². The van der Waals surface area contributed by atoms with E-state index in [-0.39, 0.29) is 5.70 Å². The third-order valence-corrected chi connectivity index (χ3v) is 4.90. The predicted octanol–water partition coefficient (Wildman–Crippen LogP) is 5.57. The summed E-state index contributed by atoms with van der Waals surface area (Å²) in [5.74, 6) is 0.589. The highest BCUT2D eigenvalue weighted by molar-refractivity contribution is 6.31. The maximum absolute atomic E-state index is 12.2. The second-order valence-corrected chi connectivity index (χ2v) is 7.01. The number of carbonyl (C=O) groups excluding carboxylic acids is 1. The number of aryl methyl sites for hydroxylation is 1. The number of rotatable bonds is 5. The Bertz CT molecular complexity index is 1120. The van der Waals surface area contributed by atoms with Gasteiger partial charge in [-0.2, -0.15) is 0 Å². The van der Waals surface area contributed by atoms with Crippen LogP contribution < -0.4 is 4.74 Å². The van der Waals surface area contributed by atoms with Crippen molar-refractivity contribution >= 4 is 29.5 Å². The first-order valence-electron chi connectivity index (χ1n) is 9.15. The van der Waals surface area contributed by atoms with E-state index in [4.69, 9.17) is 21.1 Å². The molecule has 0 unspecified atom stereocenters. The topological polar surface area (TPSA) is 47.9 Å². The summed E-state index contributed by atoms with van der Waals surface area (Å²) < 4.78 is 11.1. The van der Waals surface area contributed by atoms with Crippen molar-refractivity contribution in [2.45, 2.75) is 13.5 Å². The fourth-order valence-electron chi connectivity index (χ4n) is 2.93. The molecule has 144 valence electrons. The van der Waals surface area contributed by atoms with Crippen LogP contribution in [0.25, 0.3) is 6.08 Å². The molecule has 4 rings (SSSR count). The SMILES string of the molecule is Cc1ccccc1C1=N/C(=C\c2ccc(OCc3ccccc3Cl)cc2)C(=O)O1. The molecular weight excluding hydrogens is 386 g/mol. The number of benzene rings is 3. The van der Waals surface area contributed by atoms with Crippen LogP contribution in [0.15, 0.2) is 83.5 Å². The molecule has 0 saturated heterocycles. The molecule has 0 radical (unpaired) electrons. The Morgan fingerprint density at radius 2 is 1.72 bits per heavy atom. The lowest BCUT2D eigenvalue weighted by atomic mass is 10.1. The molecule has 3 aromatic rings. The number of cyclic esters (lactones) is 1. The lowest BCUT2D eigenvalue weighted by Crippen LogP contribution is -2.06. The number of esters is 1. The number of nitrogens with zero attached hydrogens (tertiary/aromatic N) is 1. The van der Waals surface area contributed by atoms with Crippen molar-refractivity contribution in [2.24, 2.45) is 4.99 Å². The van der Waals surface area contributed by atoms with Gasteiger partial charge in [0, 0.05) is 16.1 Å². The first-order valence-corrected chi connectivity index (χ1v) is 9.53. The summed E-state index contributed by atoms with van der Waals surface area (Å²) in [5, 5.41) is 0.677. The molecule has 1 aliphatic heterocycles. The molecule has 0 atom stereocenters. The van der Waals surface area contributed by atoms with Crippen molar-refractivity contribution in [3.05, 3.63) is 106 Å². The van der Waals surface area contributed by atoms with Gasteiger partial charge in [0.25, 0.3) is 0 Å². The Kier molecular flexibility index (Phi) is 5.45. The highest BCUT2D eigenvalue weighted by Crippen LogP contribution is 2.23. The first-order chi connectivity index (χ1) is 14.1. The van der Waals surface area contributed by atoms with Crippen molar-refractivity contribution in [2.75, 3.05) is 0 Å². The Balaban J connectivity index is 1.48. The summed E-state index contributed by atoms with van der Waals surface area (Å²) in [7, 11) is 0. The molecule has 1 heterocycles. The zero-order valence-corrected chi connectivity index (χ0v) is 16.5. The van der Waals surface area contributed by atoms with Crippen molar-refractivity contribution < 1.29 is 14.3 Å². The first kappa shape index (κ1) is 19.0. The molecule has 29 heavy (non-hydrogen) atoms. The maximum atomic E-state index is 12.2. The minimum atomic E-state index is -0.456. The third kappa shape index (κ3) is 4.39. The van der Waals surface area contributed by atoms with E-state index in [1.54, 1.807) is 6.08 Å². The van der Waals surface area contributed by atoms with E-state index in [1.165, 1.54) is 0 Å². The third-order valence-electron chi connectivity index (χ3n) is 4.53. The van der Waals surface area contributed by atoms with Crippen LogP contribution in [0, 0.1) is 6.92 Å². The molecule has 1 aliphatic rings. The standard InChI is InChI=1S/C24H18ClNO3/c1-16-6-2-4-8-20(16)23-26-22(24(27)29-23)14-17-10-12-19(13-11-17)28-15-18-7-3-5-9-21(18)25/h2-14H,15H2,1H3/b22-14-. The number of ether oxygens (including phenoxy) is 2. The maximum Gasteiger partial charge on any atom is 0.363 e. The van der Waals surface area contributed by atoms with E-state index in [0.29, 0.717) is 23.3 Å². The van der Waals surface area contributed by atoms with E-state index >= 15 is 0 Å². The van der Waals surface area contributed by atoms with Gasteiger partial charge in [0.05, 0.1) is 0 Å². The van der Waals surface area contributed by atoms with E-state index in [0.717, 1.165) is 22.3 Å². The lowest BCUT2D eigenvalue weighted by Gasteiger charge is -2.07. The average molecular weight is 404 g/mol. The fourth-order valence-corrected chi connectivity index (χ4v) is 3.12. The van der Waals surface area contributed by atoms with E-state index in [2.05, 4.69) is 4.99 Å². The molecule has 0 saturated carbocycles. The van der Waals surface area contributed by atoms with Crippen LogP contribution in [0.2, 0.25) is 5.02 Å². The Labute approximate surface area is 174 Å². The number of carbonyl (C=O) groups is 1. The number of halogens is 1. The highest BCUT2D eigenvalue weighted by atomic mass is 35.5. The zero-order chi connectivity index (χ0) is 20.2. The molecule has 4 nitrogen and oxygen atoms in total. The van der Waals surface area contributed by atoms with Crippen molar-refractivity contribution in [1.29, 1.82) is 0 Å². The van der Waals surface area contributed by atoms with Crippen molar-refractivity contribution in [3.63, 3.8) is 0 Å². The summed E-state index contributed by atoms with van der Waals surface area (Å²) in [6.07, 6.45) is 1.70. The Morgan fingerprint density at radius 3 is 2.48 bits per heavy atom. The van der Waals surface area contributed by atoms with Crippen LogP contribution in [-0.2, 0) is 16.1 Å². The van der Waals surface area contributed by atoms with Gasteiger partial charge in [-0.1, -0.05) is 60.1 Å². The molecule has 0 amide bonds. The highest BCUT2D eigenvalue weighted by Gasteiger charge is 2.24. The fraction of sp³-hybridized carbons (Fsp3) is 0.0833. The van der Waals surface area contributed by atoms with Gasteiger partial charge in [0.1, 0.15) is 12.4 Å². The molecule has 0 spiro atoms. The largest absolute Gasteiger partial charge is 0.489 e. The van der Waals surface area contributed by atoms with Gasteiger partial charge in [0.15, 0.2) is 5.70 Å². The second kappa shape index (κ2) is 8.33. The van der Waals surface area contributed by atoms with Gasteiger partial charge in [-0.15, -0.1) is 0 Å². The second-order valence-electron chi connectivity index (χ2n) is 6.60. The van der Waals surface area contributed by atoms with Gasteiger partial charge in [-0.05, 0) is 48.4 Å². The van der Waals surface area contributed by atoms with E-state index < -0.39 is 5.97 Å². The van der Waals surface area contributed by atoms with Crippen molar-refractivity contribution in [3.8, 4) is 5.75 Å². The number of hydrogen-bond acceptors (Lipinski definition) is 4. The van der Waals surface area contributed by atoms with Crippen LogP contribution in [0.5, 0.6) is 5.75 Å². The zero-order valence-electron chi connectivity index (χ0n) is 15.8. The van der Waals surface area contributed by atoms with E-state index in [1.807, 2.05) is 79.7 Å². The quantitative estimate of drug-likeness (QED) is 0.413. The summed E-state index contributed by atoms with van der Waals surface area (Å²) in [4.78, 5) is 16.6. The Hall–Kier alpha value is -3.37. The van der Waals surface area contributed by atoms with Crippen LogP contribution >= 0.6 is 11.6 Å². The summed E-state index contributed by atoms with van der Waals surface area (Å²) in [6.45, 7) is 2.34. The molecular formula is C24H18ClNO3. The lowest BCUT2D eigenvalue weighted by molar-refractivity contribution is -0.129. The van der Waals surface area contributed by atoms with Gasteiger partial charge in [-0.3, -0.25) is 0 Å². The van der Waals surface area contributed by atoms with Gasteiger partial charge in [-0.25, -0.2) is 9.79 Å². The molecule has 0 aromatic heterocycles. The van der Waals surface area contributed by atoms with Gasteiger partial charge < -0.3 is 9.47 Å². The normalized spacial score (nSPS) is 14.6. The smallest absolute Gasteiger partial charge is 0.363 e. The molecule has 5 heteroatoms.